The molecule has 0 aliphatic carbocycles. The maximum absolute atomic E-state index is 11.9. The van der Waals surface area contributed by atoms with E-state index in [1.165, 1.54) is 4.90 Å². The number of rotatable bonds is 3. The summed E-state index contributed by atoms with van der Waals surface area (Å²) in [6.07, 6.45) is 0.00529. The van der Waals surface area contributed by atoms with Crippen LogP contribution in [0, 0.1) is 0 Å². The van der Waals surface area contributed by atoms with Gasteiger partial charge in [-0.2, -0.15) is 8.42 Å². The average Bonchev–Trinajstić information content (AvgIpc) is 2.55. The van der Waals surface area contributed by atoms with Crippen LogP contribution >= 0.6 is 0 Å². The molecule has 0 saturated carbocycles. The summed E-state index contributed by atoms with van der Waals surface area (Å²) in [4.78, 5) is 13.2. The Morgan fingerprint density at radius 2 is 2.00 bits per heavy atom. The van der Waals surface area contributed by atoms with E-state index in [1.54, 1.807) is 20.8 Å². The van der Waals surface area contributed by atoms with Crippen LogP contribution in [0.4, 0.5) is 4.79 Å². The van der Waals surface area contributed by atoms with Crippen molar-refractivity contribution in [1.29, 1.82) is 0 Å². The van der Waals surface area contributed by atoms with E-state index in [2.05, 4.69) is 0 Å². The SMILES string of the molecule is CC(C)(C)OC(=O)N1C[C@H](OS(C)(=O)=O)C[C@H]1CO. The van der Waals surface area contributed by atoms with Crippen LogP contribution in [0.3, 0.4) is 0 Å². The Balaban J connectivity index is 2.70. The van der Waals surface area contributed by atoms with Gasteiger partial charge < -0.3 is 14.7 Å². The lowest BCUT2D eigenvalue weighted by Gasteiger charge is -2.27. The minimum absolute atomic E-state index is 0.0905. The van der Waals surface area contributed by atoms with Gasteiger partial charge in [0.05, 0.1) is 31.6 Å². The molecule has 2 atom stereocenters. The number of hydrogen-bond donors (Lipinski definition) is 1. The van der Waals surface area contributed by atoms with Crippen molar-refractivity contribution in [2.24, 2.45) is 0 Å². The minimum Gasteiger partial charge on any atom is -0.444 e. The molecule has 1 aliphatic rings. The molecule has 1 rings (SSSR count). The van der Waals surface area contributed by atoms with E-state index in [9.17, 15) is 18.3 Å². The molecule has 0 bridgehead atoms. The van der Waals surface area contributed by atoms with E-state index >= 15 is 0 Å². The van der Waals surface area contributed by atoms with Crippen molar-refractivity contribution in [2.45, 2.75) is 44.9 Å². The molecule has 0 aromatic heterocycles. The van der Waals surface area contributed by atoms with Crippen molar-refractivity contribution in [1.82, 2.24) is 4.90 Å². The normalized spacial score (nSPS) is 24.6. The number of carbonyl (C=O) groups is 1. The molecule has 19 heavy (non-hydrogen) atoms. The quantitative estimate of drug-likeness (QED) is 0.754. The van der Waals surface area contributed by atoms with Crippen LogP contribution < -0.4 is 0 Å². The minimum atomic E-state index is -3.58. The fourth-order valence-electron chi connectivity index (χ4n) is 1.91. The number of likely N-dealkylation sites (tertiary alicyclic amines) is 1. The summed E-state index contributed by atoms with van der Waals surface area (Å²) in [5.74, 6) is 0. The van der Waals surface area contributed by atoms with Gasteiger partial charge in [0.25, 0.3) is 10.1 Å². The summed E-state index contributed by atoms with van der Waals surface area (Å²) in [5.41, 5.74) is -0.646. The third-order valence-corrected chi connectivity index (χ3v) is 3.15. The van der Waals surface area contributed by atoms with Gasteiger partial charge in [0, 0.05) is 0 Å². The van der Waals surface area contributed by atoms with Crippen LogP contribution in [0.1, 0.15) is 27.2 Å². The highest BCUT2D eigenvalue weighted by molar-refractivity contribution is 7.86. The standard InChI is InChI=1S/C11H21NO6S/c1-11(2,3)17-10(14)12-6-9(5-8(12)7-13)18-19(4,15)16/h8-9,13H,5-7H2,1-4H3/t8-,9+/m0/s1. The summed E-state index contributed by atoms with van der Waals surface area (Å²) in [7, 11) is -3.58. The zero-order valence-corrected chi connectivity index (χ0v) is 12.4. The fraction of sp³-hybridized carbons (Fsp3) is 0.909. The number of aliphatic hydroxyl groups is 1. The predicted molar refractivity (Wildman–Crippen MR) is 68.1 cm³/mol. The van der Waals surface area contributed by atoms with E-state index < -0.39 is 34.0 Å². The molecule has 1 heterocycles. The number of hydrogen-bond acceptors (Lipinski definition) is 6. The van der Waals surface area contributed by atoms with Gasteiger partial charge in [-0.25, -0.2) is 4.79 Å². The Morgan fingerprint density at radius 1 is 1.42 bits per heavy atom. The Hall–Kier alpha value is -0.860. The average molecular weight is 295 g/mol. The topological polar surface area (TPSA) is 93.1 Å². The number of carbonyl (C=O) groups excluding carboxylic acids is 1. The summed E-state index contributed by atoms with van der Waals surface area (Å²) < 4.78 is 32.2. The highest BCUT2D eigenvalue weighted by Gasteiger charge is 2.39. The van der Waals surface area contributed by atoms with Gasteiger partial charge in [-0.05, 0) is 27.2 Å². The van der Waals surface area contributed by atoms with Gasteiger partial charge in [-0.3, -0.25) is 4.18 Å². The van der Waals surface area contributed by atoms with Crippen LogP contribution in [0.2, 0.25) is 0 Å². The van der Waals surface area contributed by atoms with Gasteiger partial charge >= 0.3 is 6.09 Å². The van der Waals surface area contributed by atoms with E-state index in [0.717, 1.165) is 6.26 Å². The molecular formula is C11H21NO6S. The summed E-state index contributed by atoms with van der Waals surface area (Å²) in [6.45, 7) is 5.04. The first kappa shape index (κ1) is 16.2. The number of amides is 1. The fourth-order valence-corrected chi connectivity index (χ4v) is 2.54. The molecule has 8 heteroatoms. The van der Waals surface area contributed by atoms with Crippen molar-refractivity contribution < 1.29 is 27.2 Å². The lowest BCUT2D eigenvalue weighted by Crippen LogP contribution is -2.41. The summed E-state index contributed by atoms with van der Waals surface area (Å²) in [6, 6.07) is -0.485. The van der Waals surface area contributed by atoms with Crippen LogP contribution in [0.5, 0.6) is 0 Å². The summed E-state index contributed by atoms with van der Waals surface area (Å²) >= 11 is 0. The number of aliphatic hydroxyl groups excluding tert-OH is 1. The van der Waals surface area contributed by atoms with E-state index in [0.29, 0.717) is 0 Å². The highest BCUT2D eigenvalue weighted by atomic mass is 32.2. The van der Waals surface area contributed by atoms with Gasteiger partial charge in [0.1, 0.15) is 5.60 Å². The first-order valence-electron chi connectivity index (χ1n) is 6.00. The van der Waals surface area contributed by atoms with Gasteiger partial charge in [0.15, 0.2) is 0 Å². The van der Waals surface area contributed by atoms with Crippen molar-refractivity contribution in [3.05, 3.63) is 0 Å². The predicted octanol–water partition coefficient (Wildman–Crippen LogP) is 0.333. The Kier molecular flexibility index (Phi) is 4.81. The van der Waals surface area contributed by atoms with Crippen LogP contribution in [0.15, 0.2) is 0 Å². The van der Waals surface area contributed by atoms with Gasteiger partial charge in [-0.15, -0.1) is 0 Å². The molecule has 7 nitrogen and oxygen atoms in total. The van der Waals surface area contributed by atoms with E-state index in [1.807, 2.05) is 0 Å². The van der Waals surface area contributed by atoms with Crippen molar-refractivity contribution in [3.8, 4) is 0 Å². The highest BCUT2D eigenvalue weighted by Crippen LogP contribution is 2.23. The lowest BCUT2D eigenvalue weighted by atomic mass is 10.2. The third-order valence-electron chi connectivity index (χ3n) is 2.53. The first-order chi connectivity index (χ1) is 8.52. The van der Waals surface area contributed by atoms with Crippen molar-refractivity contribution in [2.75, 3.05) is 19.4 Å². The second-order valence-electron chi connectivity index (χ2n) is 5.63. The van der Waals surface area contributed by atoms with Gasteiger partial charge in [0.2, 0.25) is 0 Å². The molecular weight excluding hydrogens is 274 g/mol. The second kappa shape index (κ2) is 5.64. The molecule has 1 N–H and O–H groups in total. The maximum Gasteiger partial charge on any atom is 0.410 e. The third kappa shape index (κ3) is 5.33. The van der Waals surface area contributed by atoms with E-state index in [-0.39, 0.29) is 19.6 Å². The Bertz CT molecular complexity index is 427. The zero-order valence-electron chi connectivity index (χ0n) is 11.6. The summed E-state index contributed by atoms with van der Waals surface area (Å²) in [5, 5.41) is 9.25. The maximum atomic E-state index is 11.9. The van der Waals surface area contributed by atoms with Crippen LogP contribution in [-0.2, 0) is 19.0 Å². The molecule has 0 aromatic rings. The molecule has 0 spiro atoms. The lowest BCUT2D eigenvalue weighted by molar-refractivity contribution is 0.0166. The zero-order chi connectivity index (χ0) is 14.8. The number of nitrogens with zero attached hydrogens (tertiary/aromatic N) is 1. The van der Waals surface area contributed by atoms with Crippen molar-refractivity contribution in [3.63, 3.8) is 0 Å². The van der Waals surface area contributed by atoms with Crippen molar-refractivity contribution >= 4 is 16.2 Å². The molecule has 0 aromatic carbocycles. The molecule has 1 fully saturated rings. The molecule has 112 valence electrons. The van der Waals surface area contributed by atoms with Crippen LogP contribution in [-0.4, -0.2) is 61.7 Å². The first-order valence-corrected chi connectivity index (χ1v) is 7.82. The number of ether oxygens (including phenoxy) is 1. The molecule has 0 unspecified atom stereocenters. The van der Waals surface area contributed by atoms with Gasteiger partial charge in [-0.1, -0.05) is 0 Å². The van der Waals surface area contributed by atoms with Crippen LogP contribution in [0.25, 0.3) is 0 Å². The smallest absolute Gasteiger partial charge is 0.410 e. The molecule has 1 aliphatic heterocycles. The Morgan fingerprint density at radius 3 is 2.42 bits per heavy atom. The molecule has 1 saturated heterocycles. The second-order valence-corrected chi connectivity index (χ2v) is 7.23. The Labute approximate surface area is 113 Å². The largest absolute Gasteiger partial charge is 0.444 e. The van der Waals surface area contributed by atoms with E-state index in [4.69, 9.17) is 8.92 Å². The molecule has 1 amide bonds. The monoisotopic (exact) mass is 295 g/mol. The molecule has 0 radical (unpaired) electrons.